The first-order valence-corrected chi connectivity index (χ1v) is 16.0. The van der Waals surface area contributed by atoms with E-state index < -0.39 is 29.9 Å². The lowest BCUT2D eigenvalue weighted by Gasteiger charge is -2.39. The second kappa shape index (κ2) is 17.2. The van der Waals surface area contributed by atoms with Crippen molar-refractivity contribution < 1.29 is 38.4 Å². The molecule has 0 aromatic carbocycles. The molecule has 2 amide bonds. The average molecular weight is 620 g/mol. The molecule has 11 nitrogen and oxygen atoms in total. The maximum atomic E-state index is 12.5. The number of esters is 1. The van der Waals surface area contributed by atoms with Crippen LogP contribution in [0.5, 0.6) is 0 Å². The number of amides is 2. The van der Waals surface area contributed by atoms with E-state index in [2.05, 4.69) is 23.6 Å². The van der Waals surface area contributed by atoms with E-state index in [9.17, 15) is 19.5 Å². The molecule has 0 unspecified atom stereocenters. The lowest BCUT2D eigenvalue weighted by Crippen LogP contribution is -2.50. The number of nitrogens with one attached hydrogen (secondary N) is 2. The summed E-state index contributed by atoms with van der Waals surface area (Å²) in [7, 11) is 0. The Morgan fingerprint density at radius 2 is 1.89 bits per heavy atom. The molecule has 0 radical (unpaired) electrons. The van der Waals surface area contributed by atoms with E-state index in [1.54, 1.807) is 13.0 Å². The Morgan fingerprint density at radius 3 is 2.57 bits per heavy atom. The number of hydrogen-bond acceptors (Lipinski definition) is 9. The minimum atomic E-state index is -0.795. The molecule has 44 heavy (non-hydrogen) atoms. The van der Waals surface area contributed by atoms with Gasteiger partial charge in [-0.05, 0) is 65.0 Å². The lowest BCUT2D eigenvalue weighted by molar-refractivity contribution is -0.145. The SMILES string of the molecule is CC(=O)O[C@@H](C)/C=C\C(=O)N[C@@H]1C[C@H](C)[C@H](C/C=C(C)/C=C/[C@H]2O[C@H](CC(=O)NCCCCCN)C[C@@]3(CO3)[C@@H]2O)O[C@@H]1C. The Hall–Kier alpha value is -2.57. The van der Waals surface area contributed by atoms with Crippen LogP contribution >= 0.6 is 0 Å². The van der Waals surface area contributed by atoms with Gasteiger partial charge < -0.3 is 40.4 Å². The molecule has 0 aliphatic carbocycles. The second-order valence-corrected chi connectivity index (χ2v) is 12.6. The number of aliphatic hydroxyl groups is 1. The number of ether oxygens (including phenoxy) is 4. The summed E-state index contributed by atoms with van der Waals surface area (Å²) in [4.78, 5) is 35.9. The number of rotatable bonds is 15. The van der Waals surface area contributed by atoms with Crippen molar-refractivity contribution in [3.8, 4) is 0 Å². The van der Waals surface area contributed by atoms with E-state index in [0.717, 1.165) is 31.3 Å². The quantitative estimate of drug-likeness (QED) is 0.0710. The topological polar surface area (TPSA) is 162 Å². The Kier molecular flexibility index (Phi) is 14.0. The first kappa shape index (κ1) is 35.9. The zero-order chi connectivity index (χ0) is 32.3. The summed E-state index contributed by atoms with van der Waals surface area (Å²) in [5, 5.41) is 16.9. The van der Waals surface area contributed by atoms with Gasteiger partial charge in [-0.3, -0.25) is 14.4 Å². The monoisotopic (exact) mass is 619 g/mol. The number of carbonyl (C=O) groups excluding carboxylic acids is 3. The van der Waals surface area contributed by atoms with Gasteiger partial charge in [-0.2, -0.15) is 0 Å². The number of allylic oxidation sites excluding steroid dienone is 2. The summed E-state index contributed by atoms with van der Waals surface area (Å²) in [6, 6.07) is -0.125. The maximum absolute atomic E-state index is 12.5. The fraction of sp³-hybridized carbons (Fsp3) is 0.727. The second-order valence-electron chi connectivity index (χ2n) is 12.6. The summed E-state index contributed by atoms with van der Waals surface area (Å²) >= 11 is 0. The van der Waals surface area contributed by atoms with Gasteiger partial charge in [-0.25, -0.2) is 0 Å². The van der Waals surface area contributed by atoms with E-state index in [4.69, 9.17) is 24.7 Å². The van der Waals surface area contributed by atoms with Gasteiger partial charge in [0.25, 0.3) is 0 Å². The maximum Gasteiger partial charge on any atom is 0.303 e. The molecule has 9 atom stereocenters. The zero-order valence-corrected chi connectivity index (χ0v) is 27.0. The zero-order valence-electron chi connectivity index (χ0n) is 27.0. The standard InChI is InChI=1S/C33H53N3O8/c1-21(9-12-28-22(2)17-27(24(4)43-28)36-30(38)14-11-23(3)42-25(5)37)10-13-29-32(40)33(20-41-33)19-26(44-29)18-31(39)35-16-8-6-7-15-34/h9-11,13-14,22-24,26-29,32,40H,6-8,12,15-20,34H2,1-5H3,(H,35,39)(H,36,38)/b13-10+,14-11-,21-9+/t22-,23-,24+,26+,27+,28-,29+,32+,33+/m0/s1. The van der Waals surface area contributed by atoms with Gasteiger partial charge in [0.15, 0.2) is 0 Å². The van der Waals surface area contributed by atoms with Crippen LogP contribution in [-0.4, -0.2) is 90.9 Å². The number of aliphatic hydroxyl groups excluding tert-OH is 1. The molecule has 0 saturated carbocycles. The highest BCUT2D eigenvalue weighted by Gasteiger charge is 2.58. The average Bonchev–Trinajstić information content (AvgIpc) is 3.73. The third-order valence-electron chi connectivity index (χ3n) is 8.54. The Morgan fingerprint density at radius 1 is 1.14 bits per heavy atom. The van der Waals surface area contributed by atoms with Crippen LogP contribution in [0.3, 0.4) is 0 Å². The molecular weight excluding hydrogens is 566 g/mol. The summed E-state index contributed by atoms with van der Waals surface area (Å²) in [6.07, 6.45) is 11.6. The lowest BCUT2D eigenvalue weighted by atomic mass is 9.87. The highest BCUT2D eigenvalue weighted by atomic mass is 16.6. The fourth-order valence-electron chi connectivity index (χ4n) is 5.84. The highest BCUT2D eigenvalue weighted by molar-refractivity contribution is 5.87. The molecule has 0 bridgehead atoms. The molecule has 3 aliphatic heterocycles. The van der Waals surface area contributed by atoms with Crippen LogP contribution in [-0.2, 0) is 33.3 Å². The highest BCUT2D eigenvalue weighted by Crippen LogP contribution is 2.43. The molecule has 1 spiro atoms. The van der Waals surface area contributed by atoms with Crippen LogP contribution in [0.15, 0.2) is 36.0 Å². The third kappa shape index (κ3) is 11.4. The molecule has 3 rings (SSSR count). The number of hydrogen-bond donors (Lipinski definition) is 4. The van der Waals surface area contributed by atoms with Crippen molar-refractivity contribution in [3.05, 3.63) is 36.0 Å². The van der Waals surface area contributed by atoms with Gasteiger partial charge in [0, 0.05) is 26.0 Å². The van der Waals surface area contributed by atoms with Crippen molar-refractivity contribution in [2.75, 3.05) is 19.7 Å². The normalized spacial score (nSPS) is 33.0. The summed E-state index contributed by atoms with van der Waals surface area (Å²) in [5.41, 5.74) is 5.89. The number of unbranched alkanes of at least 4 members (excludes halogenated alkanes) is 2. The van der Waals surface area contributed by atoms with Gasteiger partial charge >= 0.3 is 5.97 Å². The van der Waals surface area contributed by atoms with E-state index in [-0.39, 0.29) is 48.5 Å². The Labute approximate surface area is 262 Å². The van der Waals surface area contributed by atoms with Crippen molar-refractivity contribution in [2.45, 2.75) is 128 Å². The fourth-order valence-corrected chi connectivity index (χ4v) is 5.84. The molecule has 5 N–H and O–H groups in total. The Bertz CT molecular complexity index is 1060. The predicted molar refractivity (Wildman–Crippen MR) is 166 cm³/mol. The van der Waals surface area contributed by atoms with Crippen molar-refractivity contribution in [3.63, 3.8) is 0 Å². The molecule has 0 aromatic heterocycles. The molecule has 0 aromatic rings. The van der Waals surface area contributed by atoms with E-state index in [1.165, 1.54) is 13.0 Å². The molecule has 3 heterocycles. The first-order valence-electron chi connectivity index (χ1n) is 16.0. The van der Waals surface area contributed by atoms with Gasteiger partial charge in [0.05, 0.1) is 37.4 Å². The van der Waals surface area contributed by atoms with Crippen molar-refractivity contribution in [1.29, 1.82) is 0 Å². The van der Waals surface area contributed by atoms with E-state index in [1.807, 2.05) is 26.0 Å². The van der Waals surface area contributed by atoms with Crippen LogP contribution in [0.25, 0.3) is 0 Å². The number of carbonyl (C=O) groups is 3. The predicted octanol–water partition coefficient (Wildman–Crippen LogP) is 2.61. The molecular formula is C33H53N3O8. The summed E-state index contributed by atoms with van der Waals surface area (Å²) < 4.78 is 23.1. The van der Waals surface area contributed by atoms with Gasteiger partial charge in [-0.15, -0.1) is 0 Å². The van der Waals surface area contributed by atoms with Gasteiger partial charge in [-0.1, -0.05) is 37.1 Å². The van der Waals surface area contributed by atoms with Crippen LogP contribution in [0.4, 0.5) is 0 Å². The molecule has 3 saturated heterocycles. The van der Waals surface area contributed by atoms with Crippen LogP contribution in [0.1, 0.15) is 79.6 Å². The minimum Gasteiger partial charge on any atom is -0.459 e. The summed E-state index contributed by atoms with van der Waals surface area (Å²) in [5.74, 6) is -0.483. The number of epoxide rings is 1. The molecule has 3 aliphatic rings. The van der Waals surface area contributed by atoms with Crippen molar-refractivity contribution in [2.24, 2.45) is 11.7 Å². The van der Waals surface area contributed by atoms with Crippen molar-refractivity contribution in [1.82, 2.24) is 10.6 Å². The van der Waals surface area contributed by atoms with E-state index in [0.29, 0.717) is 32.5 Å². The van der Waals surface area contributed by atoms with E-state index >= 15 is 0 Å². The first-order chi connectivity index (χ1) is 20.9. The molecule has 3 fully saturated rings. The Balaban J connectivity index is 1.47. The van der Waals surface area contributed by atoms with Crippen LogP contribution < -0.4 is 16.4 Å². The number of nitrogens with two attached hydrogens (primary N) is 1. The van der Waals surface area contributed by atoms with Gasteiger partial charge in [0.2, 0.25) is 11.8 Å². The van der Waals surface area contributed by atoms with Gasteiger partial charge in [0.1, 0.15) is 23.9 Å². The summed E-state index contributed by atoms with van der Waals surface area (Å²) in [6.45, 7) is 10.8. The molecule has 11 heteroatoms. The largest absolute Gasteiger partial charge is 0.459 e. The van der Waals surface area contributed by atoms with Crippen LogP contribution in [0, 0.1) is 5.92 Å². The van der Waals surface area contributed by atoms with Crippen LogP contribution in [0.2, 0.25) is 0 Å². The third-order valence-corrected chi connectivity index (χ3v) is 8.54. The minimum absolute atomic E-state index is 0.00103. The van der Waals surface area contributed by atoms with Crippen molar-refractivity contribution >= 4 is 17.8 Å². The molecule has 248 valence electrons. The smallest absolute Gasteiger partial charge is 0.303 e.